The van der Waals surface area contributed by atoms with Crippen molar-refractivity contribution >= 4 is 22.8 Å². The normalized spacial score (nSPS) is 12.2. The number of benzene rings is 1. The van der Waals surface area contributed by atoms with Crippen LogP contribution in [-0.2, 0) is 11.8 Å². The van der Waals surface area contributed by atoms with Crippen molar-refractivity contribution in [2.24, 2.45) is 7.05 Å². The van der Waals surface area contributed by atoms with Crippen molar-refractivity contribution < 1.29 is 9.90 Å². The second-order valence-electron chi connectivity index (χ2n) is 4.61. The molecule has 7 heteroatoms. The van der Waals surface area contributed by atoms with Gasteiger partial charge in [0.25, 0.3) is 0 Å². The maximum Gasteiger partial charge on any atom is 0.330 e. The van der Waals surface area contributed by atoms with E-state index in [-0.39, 0.29) is 0 Å². The first-order valence-corrected chi connectivity index (χ1v) is 6.33. The van der Waals surface area contributed by atoms with Gasteiger partial charge in [0.1, 0.15) is 5.82 Å². The zero-order valence-corrected chi connectivity index (χ0v) is 11.3. The summed E-state index contributed by atoms with van der Waals surface area (Å²) in [5.74, 6) is -0.595. The number of aromatic nitrogens is 4. The number of carboxylic acids is 1. The molecule has 0 fully saturated rings. The minimum atomic E-state index is -1.00. The third-order valence-corrected chi connectivity index (χ3v) is 3.05. The number of fused-ring (bicyclic) bond motifs is 1. The number of anilines is 1. The Kier molecular flexibility index (Phi) is 3.23. The lowest BCUT2D eigenvalue weighted by Gasteiger charge is -2.13. The summed E-state index contributed by atoms with van der Waals surface area (Å²) in [5.41, 5.74) is 2.02. The highest BCUT2D eigenvalue weighted by molar-refractivity contribution is 5.80. The molecule has 3 rings (SSSR count). The summed E-state index contributed by atoms with van der Waals surface area (Å²) in [6, 6.07) is 6.49. The molecule has 0 radical (unpaired) electrons. The summed E-state index contributed by atoms with van der Waals surface area (Å²) in [4.78, 5) is 20.0. The molecule has 1 atom stereocenters. The van der Waals surface area contributed by atoms with E-state index < -0.39 is 12.0 Å². The van der Waals surface area contributed by atoms with Gasteiger partial charge in [-0.2, -0.15) is 5.10 Å². The Balaban J connectivity index is 1.92. The number of nitrogens with zero attached hydrogens (tertiary/aromatic N) is 4. The molecule has 0 amide bonds. The summed E-state index contributed by atoms with van der Waals surface area (Å²) in [7, 11) is 1.73. The van der Waals surface area contributed by atoms with E-state index in [2.05, 4.69) is 20.4 Å². The monoisotopic (exact) mass is 283 g/mol. The number of hydrogen-bond donors (Lipinski definition) is 2. The largest absolute Gasteiger partial charge is 0.479 e. The molecular formula is C14H13N5O2. The quantitative estimate of drug-likeness (QED) is 0.755. The summed E-state index contributed by atoms with van der Waals surface area (Å²) in [5, 5.41) is 16.2. The lowest BCUT2D eigenvalue weighted by Crippen LogP contribution is -2.20. The predicted octanol–water partition coefficient (Wildman–Crippen LogP) is 1.60. The van der Waals surface area contributed by atoms with E-state index in [4.69, 9.17) is 0 Å². The molecule has 0 aliphatic carbocycles. The van der Waals surface area contributed by atoms with Crippen LogP contribution in [-0.4, -0.2) is 30.8 Å². The summed E-state index contributed by atoms with van der Waals surface area (Å²) in [6.07, 6.45) is 4.69. The lowest BCUT2D eigenvalue weighted by molar-refractivity contribution is -0.138. The van der Waals surface area contributed by atoms with E-state index in [1.807, 2.05) is 24.3 Å². The number of carbonyl (C=O) groups is 1. The first-order valence-electron chi connectivity index (χ1n) is 6.33. The van der Waals surface area contributed by atoms with Crippen molar-refractivity contribution in [3.05, 3.63) is 48.4 Å². The highest BCUT2D eigenvalue weighted by Crippen LogP contribution is 2.19. The fraction of sp³-hybridized carbons (Fsp3) is 0.143. The number of aliphatic carboxylic acids is 1. The van der Waals surface area contributed by atoms with E-state index in [9.17, 15) is 9.90 Å². The Morgan fingerprint density at radius 3 is 2.71 bits per heavy atom. The van der Waals surface area contributed by atoms with Crippen LogP contribution in [0, 0.1) is 0 Å². The standard InChI is InChI=1S/C14H13N5O2/c1-19-8-9(6-16-19)13(14(20)21)18-12-7-15-10-4-2-3-5-11(10)17-12/h2-8,13H,1H3,(H,17,18)(H,20,21). The van der Waals surface area contributed by atoms with Gasteiger partial charge in [-0.25, -0.2) is 9.78 Å². The van der Waals surface area contributed by atoms with Gasteiger partial charge in [-0.15, -0.1) is 0 Å². The van der Waals surface area contributed by atoms with Crippen molar-refractivity contribution in [3.8, 4) is 0 Å². The Morgan fingerprint density at radius 2 is 2.05 bits per heavy atom. The van der Waals surface area contributed by atoms with Crippen molar-refractivity contribution in [2.75, 3.05) is 5.32 Å². The molecule has 2 N–H and O–H groups in total. The minimum Gasteiger partial charge on any atom is -0.479 e. The molecule has 0 saturated carbocycles. The lowest BCUT2D eigenvalue weighted by atomic mass is 10.1. The van der Waals surface area contributed by atoms with E-state index >= 15 is 0 Å². The number of para-hydroxylation sites is 2. The topological polar surface area (TPSA) is 92.9 Å². The van der Waals surface area contributed by atoms with Crippen molar-refractivity contribution in [1.82, 2.24) is 19.7 Å². The van der Waals surface area contributed by atoms with Crippen molar-refractivity contribution in [2.45, 2.75) is 6.04 Å². The summed E-state index contributed by atoms with van der Waals surface area (Å²) >= 11 is 0. The summed E-state index contributed by atoms with van der Waals surface area (Å²) < 4.78 is 1.55. The minimum absolute atomic E-state index is 0.407. The molecule has 21 heavy (non-hydrogen) atoms. The van der Waals surface area contributed by atoms with Gasteiger partial charge in [-0.3, -0.25) is 9.67 Å². The van der Waals surface area contributed by atoms with Gasteiger partial charge in [0.15, 0.2) is 6.04 Å². The smallest absolute Gasteiger partial charge is 0.330 e. The van der Waals surface area contributed by atoms with Crippen LogP contribution in [0.5, 0.6) is 0 Å². The van der Waals surface area contributed by atoms with Crippen molar-refractivity contribution in [1.29, 1.82) is 0 Å². The van der Waals surface area contributed by atoms with Gasteiger partial charge in [0, 0.05) is 18.8 Å². The Bertz CT molecular complexity index is 799. The molecule has 3 aromatic rings. The van der Waals surface area contributed by atoms with Crippen LogP contribution >= 0.6 is 0 Å². The second-order valence-corrected chi connectivity index (χ2v) is 4.61. The molecule has 0 aliphatic rings. The van der Waals surface area contributed by atoms with E-state index in [0.29, 0.717) is 16.9 Å². The van der Waals surface area contributed by atoms with Gasteiger partial charge < -0.3 is 10.4 Å². The molecule has 2 heterocycles. The highest BCUT2D eigenvalue weighted by Gasteiger charge is 2.21. The molecule has 7 nitrogen and oxygen atoms in total. The number of aryl methyl sites for hydroxylation is 1. The average molecular weight is 283 g/mol. The van der Waals surface area contributed by atoms with Crippen molar-refractivity contribution in [3.63, 3.8) is 0 Å². The van der Waals surface area contributed by atoms with Gasteiger partial charge in [0.05, 0.1) is 23.4 Å². The van der Waals surface area contributed by atoms with Gasteiger partial charge in [-0.05, 0) is 12.1 Å². The van der Waals surface area contributed by atoms with Crippen LogP contribution in [0.2, 0.25) is 0 Å². The van der Waals surface area contributed by atoms with Gasteiger partial charge in [0.2, 0.25) is 0 Å². The Hall–Kier alpha value is -2.96. The average Bonchev–Trinajstić information content (AvgIpc) is 2.90. The Labute approximate surface area is 120 Å². The molecule has 0 aliphatic heterocycles. The molecule has 2 aromatic heterocycles. The molecule has 0 bridgehead atoms. The summed E-state index contributed by atoms with van der Waals surface area (Å²) in [6.45, 7) is 0. The highest BCUT2D eigenvalue weighted by atomic mass is 16.4. The van der Waals surface area contributed by atoms with Gasteiger partial charge >= 0.3 is 5.97 Å². The number of hydrogen-bond acceptors (Lipinski definition) is 5. The second kappa shape index (κ2) is 5.20. The van der Waals surface area contributed by atoms with E-state index in [1.165, 1.54) is 12.4 Å². The molecule has 0 spiro atoms. The van der Waals surface area contributed by atoms with E-state index in [1.54, 1.807) is 17.9 Å². The van der Waals surface area contributed by atoms with Gasteiger partial charge in [-0.1, -0.05) is 12.1 Å². The van der Waals surface area contributed by atoms with Crippen LogP contribution in [0.25, 0.3) is 11.0 Å². The first kappa shape index (κ1) is 13.0. The van der Waals surface area contributed by atoms with Crippen LogP contribution < -0.4 is 5.32 Å². The number of nitrogens with one attached hydrogen (secondary N) is 1. The fourth-order valence-corrected chi connectivity index (χ4v) is 2.05. The zero-order chi connectivity index (χ0) is 14.8. The van der Waals surface area contributed by atoms with E-state index in [0.717, 1.165) is 5.52 Å². The third kappa shape index (κ3) is 2.66. The fourth-order valence-electron chi connectivity index (χ4n) is 2.05. The molecule has 1 unspecified atom stereocenters. The first-order chi connectivity index (χ1) is 10.1. The van der Waals surface area contributed by atoms with Crippen LogP contribution in [0.4, 0.5) is 5.82 Å². The SMILES string of the molecule is Cn1cc(C(Nc2cnc3ccccc3n2)C(=O)O)cn1. The molecule has 106 valence electrons. The number of rotatable bonds is 4. The Morgan fingerprint density at radius 1 is 1.29 bits per heavy atom. The molecule has 1 aromatic carbocycles. The maximum absolute atomic E-state index is 11.4. The maximum atomic E-state index is 11.4. The predicted molar refractivity (Wildman–Crippen MR) is 76.7 cm³/mol. The van der Waals surface area contributed by atoms with Crippen LogP contribution in [0.3, 0.4) is 0 Å². The number of carboxylic acid groups (broad SMARTS) is 1. The van der Waals surface area contributed by atoms with Crippen LogP contribution in [0.1, 0.15) is 11.6 Å². The third-order valence-electron chi connectivity index (χ3n) is 3.05. The molecule has 0 saturated heterocycles. The van der Waals surface area contributed by atoms with Crippen LogP contribution in [0.15, 0.2) is 42.9 Å². The zero-order valence-electron chi connectivity index (χ0n) is 11.3. The molecular weight excluding hydrogens is 270 g/mol.